The van der Waals surface area contributed by atoms with E-state index in [9.17, 15) is 4.39 Å². The van der Waals surface area contributed by atoms with Crippen molar-refractivity contribution in [3.63, 3.8) is 0 Å². The van der Waals surface area contributed by atoms with E-state index in [1.54, 1.807) is 23.1 Å². The fourth-order valence-electron chi connectivity index (χ4n) is 1.98. The van der Waals surface area contributed by atoms with E-state index in [1.165, 1.54) is 12.1 Å². The number of nitrogens with zero attached hydrogens (tertiary/aromatic N) is 2. The maximum atomic E-state index is 13.3. The summed E-state index contributed by atoms with van der Waals surface area (Å²) in [5.41, 5.74) is 6.91. The van der Waals surface area contributed by atoms with Crippen molar-refractivity contribution in [3.8, 4) is 0 Å². The summed E-state index contributed by atoms with van der Waals surface area (Å²) in [5, 5.41) is 4.71. The lowest BCUT2D eigenvalue weighted by Gasteiger charge is -2.23. The van der Waals surface area contributed by atoms with Gasteiger partial charge in [-0.2, -0.15) is 5.10 Å². The molecule has 96 valence electrons. The fourth-order valence-corrected chi connectivity index (χ4v) is 2.12. The molecule has 0 spiro atoms. The Balaban J connectivity index is 2.43. The number of benzene rings is 1. The van der Waals surface area contributed by atoms with Crippen LogP contribution in [0.25, 0.3) is 0 Å². The maximum absolute atomic E-state index is 13.3. The molecule has 0 fully saturated rings. The summed E-state index contributed by atoms with van der Waals surface area (Å²) in [7, 11) is 0. The Hall–Kier alpha value is -1.39. The molecule has 0 saturated carbocycles. The van der Waals surface area contributed by atoms with Crippen LogP contribution in [0.2, 0.25) is 5.02 Å². The molecule has 0 aliphatic carbocycles. The molecule has 0 aliphatic heterocycles. The lowest BCUT2D eigenvalue weighted by atomic mass is 9.98. The van der Waals surface area contributed by atoms with E-state index >= 15 is 0 Å². The van der Waals surface area contributed by atoms with E-state index in [1.807, 2.05) is 13.0 Å². The lowest BCUT2D eigenvalue weighted by Crippen LogP contribution is -2.32. The molecule has 2 atom stereocenters. The van der Waals surface area contributed by atoms with E-state index in [4.69, 9.17) is 17.3 Å². The molecule has 0 radical (unpaired) electrons. The van der Waals surface area contributed by atoms with Gasteiger partial charge >= 0.3 is 0 Å². The Morgan fingerprint density at radius 2 is 2.28 bits per heavy atom. The molecule has 1 heterocycles. The third-order valence-corrected chi connectivity index (χ3v) is 3.12. The molecule has 2 rings (SSSR count). The number of halogens is 2. The number of aromatic nitrogens is 2. The third-order valence-electron chi connectivity index (χ3n) is 2.92. The quantitative estimate of drug-likeness (QED) is 0.925. The molecule has 0 aliphatic rings. The second-order valence-electron chi connectivity index (χ2n) is 4.21. The number of nitrogens with two attached hydrogens (primary N) is 1. The van der Waals surface area contributed by atoms with Crippen LogP contribution in [0, 0.1) is 5.82 Å². The molecule has 2 unspecified atom stereocenters. The van der Waals surface area contributed by atoms with Gasteiger partial charge in [0.25, 0.3) is 0 Å². The van der Waals surface area contributed by atoms with Crippen LogP contribution in [0.3, 0.4) is 0 Å². The summed E-state index contributed by atoms with van der Waals surface area (Å²) >= 11 is 5.87. The van der Waals surface area contributed by atoms with Gasteiger partial charge in [-0.1, -0.05) is 30.7 Å². The summed E-state index contributed by atoms with van der Waals surface area (Å²) < 4.78 is 15.0. The van der Waals surface area contributed by atoms with Crippen LogP contribution < -0.4 is 5.73 Å². The second-order valence-corrected chi connectivity index (χ2v) is 4.65. The Kier molecular flexibility index (Phi) is 3.99. The summed E-state index contributed by atoms with van der Waals surface area (Å²) in [5.74, 6) is -0.279. The summed E-state index contributed by atoms with van der Waals surface area (Å²) in [6.45, 7) is 1.99. The molecule has 1 aromatic carbocycles. The first-order chi connectivity index (χ1) is 8.61. The molecule has 3 nitrogen and oxygen atoms in total. The van der Waals surface area contributed by atoms with E-state index in [2.05, 4.69) is 5.10 Å². The van der Waals surface area contributed by atoms with Gasteiger partial charge in [0.2, 0.25) is 0 Å². The zero-order chi connectivity index (χ0) is 13.1. The van der Waals surface area contributed by atoms with Crippen LogP contribution >= 0.6 is 11.6 Å². The first kappa shape index (κ1) is 13.1. The lowest BCUT2D eigenvalue weighted by molar-refractivity contribution is 0.422. The van der Waals surface area contributed by atoms with Crippen LogP contribution in [0.15, 0.2) is 36.7 Å². The highest BCUT2D eigenvalue weighted by molar-refractivity contribution is 6.30. The maximum Gasteiger partial charge on any atom is 0.123 e. The molecule has 5 heteroatoms. The SMILES string of the molecule is CCC(N)C(c1cccc(F)c1)n1cc(Cl)cn1. The Morgan fingerprint density at radius 1 is 1.50 bits per heavy atom. The topological polar surface area (TPSA) is 43.8 Å². The van der Waals surface area contributed by atoms with Gasteiger partial charge in [0.05, 0.1) is 17.3 Å². The van der Waals surface area contributed by atoms with Crippen molar-refractivity contribution in [2.45, 2.75) is 25.4 Å². The predicted octanol–water partition coefficient (Wildman–Crippen LogP) is 3.00. The van der Waals surface area contributed by atoms with Crippen molar-refractivity contribution >= 4 is 11.6 Å². The zero-order valence-corrected chi connectivity index (χ0v) is 10.8. The number of hydrogen-bond acceptors (Lipinski definition) is 2. The number of rotatable bonds is 4. The predicted molar refractivity (Wildman–Crippen MR) is 70.0 cm³/mol. The fraction of sp³-hybridized carbons (Fsp3) is 0.308. The summed E-state index contributed by atoms with van der Waals surface area (Å²) in [4.78, 5) is 0. The van der Waals surface area contributed by atoms with Gasteiger partial charge in [0, 0.05) is 12.2 Å². The van der Waals surface area contributed by atoms with Crippen LogP contribution in [0.4, 0.5) is 4.39 Å². The average Bonchev–Trinajstić information content (AvgIpc) is 2.76. The van der Waals surface area contributed by atoms with Crippen LogP contribution in [0.1, 0.15) is 24.9 Å². The molecule has 0 bridgehead atoms. The van der Waals surface area contributed by atoms with Crippen molar-refractivity contribution in [2.75, 3.05) is 0 Å². The highest BCUT2D eigenvalue weighted by atomic mass is 35.5. The molecule has 1 aromatic heterocycles. The molecule has 18 heavy (non-hydrogen) atoms. The van der Waals surface area contributed by atoms with Gasteiger partial charge in [0.15, 0.2) is 0 Å². The first-order valence-electron chi connectivity index (χ1n) is 5.82. The van der Waals surface area contributed by atoms with Gasteiger partial charge in [-0.3, -0.25) is 4.68 Å². The van der Waals surface area contributed by atoms with E-state index in [0.717, 1.165) is 12.0 Å². The molecular formula is C13H15ClFN3. The average molecular weight is 268 g/mol. The van der Waals surface area contributed by atoms with Crippen molar-refractivity contribution in [3.05, 3.63) is 53.1 Å². The second kappa shape index (κ2) is 5.50. The van der Waals surface area contributed by atoms with Gasteiger partial charge < -0.3 is 5.73 Å². The van der Waals surface area contributed by atoms with Crippen molar-refractivity contribution in [2.24, 2.45) is 5.73 Å². The minimum absolute atomic E-state index is 0.150. The molecule has 2 N–H and O–H groups in total. The minimum atomic E-state index is -0.279. The van der Waals surface area contributed by atoms with Crippen molar-refractivity contribution in [1.82, 2.24) is 9.78 Å². The smallest absolute Gasteiger partial charge is 0.123 e. The normalized spacial score (nSPS) is 14.4. The third kappa shape index (κ3) is 2.71. The largest absolute Gasteiger partial charge is 0.326 e. The highest BCUT2D eigenvalue weighted by Crippen LogP contribution is 2.24. The monoisotopic (exact) mass is 267 g/mol. The Bertz CT molecular complexity index is 526. The van der Waals surface area contributed by atoms with E-state index < -0.39 is 0 Å². The van der Waals surface area contributed by atoms with Gasteiger partial charge in [-0.15, -0.1) is 0 Å². The molecular weight excluding hydrogens is 253 g/mol. The van der Waals surface area contributed by atoms with Crippen molar-refractivity contribution < 1.29 is 4.39 Å². The highest BCUT2D eigenvalue weighted by Gasteiger charge is 2.21. The summed E-state index contributed by atoms with van der Waals surface area (Å²) in [6.07, 6.45) is 4.02. The van der Waals surface area contributed by atoms with E-state index in [0.29, 0.717) is 5.02 Å². The van der Waals surface area contributed by atoms with Crippen molar-refractivity contribution in [1.29, 1.82) is 0 Å². The van der Waals surface area contributed by atoms with E-state index in [-0.39, 0.29) is 17.9 Å². The number of hydrogen-bond donors (Lipinski definition) is 1. The van der Waals surface area contributed by atoms with Gasteiger partial charge in [0.1, 0.15) is 5.82 Å². The zero-order valence-electron chi connectivity index (χ0n) is 10.1. The Morgan fingerprint density at radius 3 is 2.83 bits per heavy atom. The minimum Gasteiger partial charge on any atom is -0.326 e. The first-order valence-corrected chi connectivity index (χ1v) is 6.20. The van der Waals surface area contributed by atoms with Gasteiger partial charge in [-0.25, -0.2) is 4.39 Å². The van der Waals surface area contributed by atoms with Gasteiger partial charge in [-0.05, 0) is 24.1 Å². The van der Waals surface area contributed by atoms with Crippen LogP contribution in [-0.4, -0.2) is 15.8 Å². The van der Waals surface area contributed by atoms with Crippen LogP contribution in [-0.2, 0) is 0 Å². The Labute approximate surface area is 110 Å². The molecule has 0 amide bonds. The molecule has 2 aromatic rings. The molecule has 0 saturated heterocycles. The standard InChI is InChI=1S/C13H15ClFN3/c1-2-12(16)13(18-8-10(14)7-17-18)9-4-3-5-11(15)6-9/h3-8,12-13H,2,16H2,1H3. The van der Waals surface area contributed by atoms with Crippen LogP contribution in [0.5, 0.6) is 0 Å². The summed E-state index contributed by atoms with van der Waals surface area (Å²) in [6, 6.07) is 6.05.